The first-order chi connectivity index (χ1) is 15.2. The summed E-state index contributed by atoms with van der Waals surface area (Å²) in [6.07, 6.45) is 11.7. The van der Waals surface area contributed by atoms with Gasteiger partial charge in [-0.3, -0.25) is 0 Å². The Bertz CT molecular complexity index is 1230. The number of aromatic nitrogens is 6. The Labute approximate surface area is 183 Å². The summed E-state index contributed by atoms with van der Waals surface area (Å²) in [6, 6.07) is 2.32. The summed E-state index contributed by atoms with van der Waals surface area (Å²) in [5, 5.41) is 4.06. The maximum Gasteiger partial charge on any atom is 0.245 e. The summed E-state index contributed by atoms with van der Waals surface area (Å²) >= 11 is 6.09. The molecule has 0 amide bonds. The summed E-state index contributed by atoms with van der Waals surface area (Å²) < 4.78 is 5.53. The monoisotopic (exact) mass is 435 g/mol. The minimum atomic E-state index is 0.322. The van der Waals surface area contributed by atoms with Crippen molar-refractivity contribution in [1.29, 1.82) is 0 Å². The molecule has 0 aromatic carbocycles. The topological polar surface area (TPSA) is 105 Å². The molecule has 0 aliphatic heterocycles. The first kappa shape index (κ1) is 18.7. The van der Waals surface area contributed by atoms with Crippen LogP contribution < -0.4 is 5.32 Å². The second kappa shape index (κ2) is 7.30. The van der Waals surface area contributed by atoms with Gasteiger partial charge in [0.15, 0.2) is 11.5 Å². The third-order valence-electron chi connectivity index (χ3n) is 6.92. The van der Waals surface area contributed by atoms with Crippen molar-refractivity contribution in [2.24, 2.45) is 17.8 Å². The Kier molecular flexibility index (Phi) is 4.41. The fourth-order valence-corrected chi connectivity index (χ4v) is 5.45. The number of nitrogens with zero attached hydrogens (tertiary/aromatic N) is 5. The van der Waals surface area contributed by atoms with Crippen LogP contribution in [0.15, 0.2) is 35.3 Å². The van der Waals surface area contributed by atoms with Gasteiger partial charge in [-0.15, -0.1) is 0 Å². The molecule has 2 N–H and O–H groups in total. The number of halogens is 1. The highest BCUT2D eigenvalue weighted by molar-refractivity contribution is 6.29. The molecule has 4 heterocycles. The van der Waals surface area contributed by atoms with Crippen LogP contribution in [0.25, 0.3) is 34.1 Å². The molecule has 2 atom stereocenters. The van der Waals surface area contributed by atoms with Crippen molar-refractivity contribution < 1.29 is 4.42 Å². The van der Waals surface area contributed by atoms with E-state index in [4.69, 9.17) is 26.0 Å². The van der Waals surface area contributed by atoms with Crippen LogP contribution in [0.4, 0.5) is 5.82 Å². The van der Waals surface area contributed by atoms with E-state index in [9.17, 15) is 0 Å². The lowest BCUT2D eigenvalue weighted by Gasteiger charge is -2.47. The maximum atomic E-state index is 6.09. The molecular formula is C22H22ClN7O. The zero-order valence-corrected chi connectivity index (χ0v) is 17.8. The van der Waals surface area contributed by atoms with Crippen molar-refractivity contribution in [3.05, 3.63) is 36.1 Å². The average Bonchev–Trinajstić information content (AvgIpc) is 3.46. The van der Waals surface area contributed by atoms with E-state index in [1.807, 2.05) is 12.3 Å². The minimum Gasteiger partial charge on any atom is -0.443 e. The molecule has 0 unspecified atom stereocenters. The molecule has 3 aliphatic rings. The molecule has 3 saturated carbocycles. The number of hydrogen-bond donors (Lipinski definition) is 2. The van der Waals surface area contributed by atoms with Gasteiger partial charge in [-0.25, -0.2) is 24.9 Å². The Hall–Kier alpha value is -3.00. The van der Waals surface area contributed by atoms with Crippen molar-refractivity contribution in [3.8, 4) is 23.0 Å². The average molecular weight is 436 g/mol. The van der Waals surface area contributed by atoms with Crippen LogP contribution in [0, 0.1) is 17.8 Å². The molecular weight excluding hydrogens is 414 g/mol. The van der Waals surface area contributed by atoms with Gasteiger partial charge in [0.05, 0.1) is 18.0 Å². The van der Waals surface area contributed by atoms with E-state index in [2.05, 4.69) is 32.2 Å². The molecule has 158 valence electrons. The van der Waals surface area contributed by atoms with Crippen molar-refractivity contribution in [2.45, 2.75) is 38.6 Å². The second-order valence-corrected chi connectivity index (χ2v) is 8.98. The van der Waals surface area contributed by atoms with Gasteiger partial charge in [0.25, 0.3) is 0 Å². The molecule has 4 aromatic heterocycles. The molecule has 7 rings (SSSR count). The number of hydrogen-bond acceptors (Lipinski definition) is 7. The van der Waals surface area contributed by atoms with Crippen molar-refractivity contribution >= 4 is 28.6 Å². The highest BCUT2D eigenvalue weighted by atomic mass is 35.5. The van der Waals surface area contributed by atoms with E-state index in [0.29, 0.717) is 51.6 Å². The zero-order chi connectivity index (χ0) is 20.9. The number of fused-ring (bicyclic) bond motifs is 4. The molecule has 3 fully saturated rings. The number of H-pyrrole nitrogens is 1. The van der Waals surface area contributed by atoms with Crippen LogP contribution in [0.1, 0.15) is 32.6 Å². The highest BCUT2D eigenvalue weighted by Gasteiger charge is 2.41. The van der Waals surface area contributed by atoms with E-state index in [-0.39, 0.29) is 0 Å². The molecule has 4 aromatic rings. The quantitative estimate of drug-likeness (QED) is 0.466. The Morgan fingerprint density at radius 2 is 1.94 bits per heavy atom. The van der Waals surface area contributed by atoms with Gasteiger partial charge in [0.2, 0.25) is 5.89 Å². The van der Waals surface area contributed by atoms with Crippen LogP contribution in [-0.4, -0.2) is 35.9 Å². The summed E-state index contributed by atoms with van der Waals surface area (Å²) in [5.41, 5.74) is 2.63. The maximum absolute atomic E-state index is 6.09. The SMILES string of the molecule is C[C@H]1C2CCC(CC2)[C@@H]1Nc1cc(-c2ncco2)nc(-c2c[nH]c3ncc(Cl)nc23)n1. The third kappa shape index (κ3) is 3.26. The predicted molar refractivity (Wildman–Crippen MR) is 117 cm³/mol. The van der Waals surface area contributed by atoms with Gasteiger partial charge >= 0.3 is 0 Å². The van der Waals surface area contributed by atoms with E-state index < -0.39 is 0 Å². The standard InChI is InChI=1S/C22H22ClN7O/c1-11-12-2-4-13(5-3-12)18(11)29-17-8-15(22-24-6-7-31-22)27-20(30-17)14-9-25-21-19(14)28-16(23)10-26-21/h6-13,18H,2-5H2,1H3,(H,25,26)(H,27,29,30)/t11-,12?,13?,18+/m0/s1. The lowest BCUT2D eigenvalue weighted by Crippen LogP contribution is -2.47. The third-order valence-corrected chi connectivity index (χ3v) is 7.10. The Morgan fingerprint density at radius 3 is 2.71 bits per heavy atom. The smallest absolute Gasteiger partial charge is 0.245 e. The zero-order valence-electron chi connectivity index (χ0n) is 17.0. The lowest BCUT2D eigenvalue weighted by molar-refractivity contribution is 0.0928. The summed E-state index contributed by atoms with van der Waals surface area (Å²) in [7, 11) is 0. The Morgan fingerprint density at radius 1 is 1.10 bits per heavy atom. The number of nitrogens with one attached hydrogen (secondary N) is 2. The second-order valence-electron chi connectivity index (χ2n) is 8.60. The van der Waals surface area contributed by atoms with Gasteiger partial charge in [-0.2, -0.15) is 0 Å². The fraction of sp³-hybridized carbons (Fsp3) is 0.409. The molecule has 0 saturated heterocycles. The number of anilines is 1. The van der Waals surface area contributed by atoms with Gasteiger partial charge < -0.3 is 14.7 Å². The van der Waals surface area contributed by atoms with Crippen LogP contribution in [0.2, 0.25) is 5.15 Å². The number of aromatic amines is 1. The molecule has 9 heteroatoms. The van der Waals surface area contributed by atoms with Crippen LogP contribution in [0.5, 0.6) is 0 Å². The predicted octanol–water partition coefficient (Wildman–Crippen LogP) is 4.96. The molecule has 2 bridgehead atoms. The molecule has 8 nitrogen and oxygen atoms in total. The van der Waals surface area contributed by atoms with E-state index >= 15 is 0 Å². The normalized spacial score (nSPS) is 25.2. The summed E-state index contributed by atoms with van der Waals surface area (Å²) in [4.78, 5) is 25.7. The summed E-state index contributed by atoms with van der Waals surface area (Å²) in [6.45, 7) is 2.36. The summed E-state index contributed by atoms with van der Waals surface area (Å²) in [5.74, 6) is 3.84. The number of oxazole rings is 1. The minimum absolute atomic E-state index is 0.322. The molecule has 0 spiro atoms. The van der Waals surface area contributed by atoms with Crippen LogP contribution in [0.3, 0.4) is 0 Å². The van der Waals surface area contributed by atoms with Gasteiger partial charge in [-0.1, -0.05) is 18.5 Å². The first-order valence-electron chi connectivity index (χ1n) is 10.7. The van der Waals surface area contributed by atoms with Crippen molar-refractivity contribution in [1.82, 2.24) is 29.9 Å². The Balaban J connectivity index is 1.44. The molecule has 3 aliphatic carbocycles. The van der Waals surface area contributed by atoms with Gasteiger partial charge in [-0.05, 0) is 43.4 Å². The van der Waals surface area contributed by atoms with Crippen LogP contribution >= 0.6 is 11.6 Å². The van der Waals surface area contributed by atoms with Gasteiger partial charge in [0, 0.05) is 18.3 Å². The lowest BCUT2D eigenvalue weighted by atomic mass is 9.62. The van der Waals surface area contributed by atoms with Gasteiger partial charge in [0.1, 0.15) is 28.4 Å². The molecule has 31 heavy (non-hydrogen) atoms. The van der Waals surface area contributed by atoms with Crippen molar-refractivity contribution in [3.63, 3.8) is 0 Å². The van der Waals surface area contributed by atoms with E-state index in [0.717, 1.165) is 17.3 Å². The highest BCUT2D eigenvalue weighted by Crippen LogP contribution is 2.46. The van der Waals surface area contributed by atoms with E-state index in [1.165, 1.54) is 31.9 Å². The van der Waals surface area contributed by atoms with E-state index in [1.54, 1.807) is 12.5 Å². The molecule has 0 radical (unpaired) electrons. The largest absolute Gasteiger partial charge is 0.443 e. The van der Waals surface area contributed by atoms with Crippen molar-refractivity contribution in [2.75, 3.05) is 5.32 Å². The fourth-order valence-electron chi connectivity index (χ4n) is 5.31. The first-order valence-corrected chi connectivity index (χ1v) is 11.1. The van der Waals surface area contributed by atoms with Crippen LogP contribution in [-0.2, 0) is 0 Å². The number of rotatable bonds is 4.